The molecule has 0 aliphatic heterocycles. The molecule has 2 nitrogen and oxygen atoms in total. The van der Waals surface area contributed by atoms with E-state index in [1.165, 1.54) is 12.1 Å². The number of hydrogen-bond donors (Lipinski definition) is 1. The van der Waals surface area contributed by atoms with Crippen molar-refractivity contribution < 1.29 is 4.39 Å². The summed E-state index contributed by atoms with van der Waals surface area (Å²) < 4.78 is 14.9. The quantitative estimate of drug-likeness (QED) is 0.789. The van der Waals surface area contributed by atoms with Crippen LogP contribution in [-0.2, 0) is 6.42 Å². The Hall–Kier alpha value is -0.780. The highest BCUT2D eigenvalue weighted by Crippen LogP contribution is 2.26. The van der Waals surface area contributed by atoms with E-state index in [4.69, 9.17) is 0 Å². The minimum atomic E-state index is -0.238. The second-order valence-corrected chi connectivity index (χ2v) is 6.22. The summed E-state index contributed by atoms with van der Waals surface area (Å²) in [7, 11) is 0. The number of rotatable bonds is 5. The lowest BCUT2D eigenvalue weighted by molar-refractivity contribution is 0.539. The third-order valence-electron chi connectivity index (χ3n) is 2.99. The molecule has 1 aromatic carbocycles. The summed E-state index contributed by atoms with van der Waals surface area (Å²) in [6.07, 6.45) is 2.55. The van der Waals surface area contributed by atoms with E-state index in [1.807, 2.05) is 18.2 Å². The first-order valence-corrected chi connectivity index (χ1v) is 7.97. The minimum absolute atomic E-state index is 0.101. The fourth-order valence-corrected chi connectivity index (χ4v) is 2.92. The van der Waals surface area contributed by atoms with E-state index >= 15 is 0 Å². The van der Waals surface area contributed by atoms with Crippen LogP contribution in [0.2, 0.25) is 0 Å². The van der Waals surface area contributed by atoms with Crippen LogP contribution >= 0.6 is 31.9 Å². The van der Waals surface area contributed by atoms with Gasteiger partial charge in [-0.25, -0.2) is 4.39 Å². The molecule has 1 unspecified atom stereocenters. The van der Waals surface area contributed by atoms with Crippen LogP contribution in [0, 0.1) is 5.82 Å². The highest BCUT2D eigenvalue weighted by molar-refractivity contribution is 9.10. The molecule has 5 heteroatoms. The molecule has 1 heterocycles. The lowest BCUT2D eigenvalue weighted by atomic mass is 10.0. The van der Waals surface area contributed by atoms with Crippen LogP contribution in [0.1, 0.15) is 24.2 Å². The predicted molar refractivity (Wildman–Crippen MR) is 86.2 cm³/mol. The van der Waals surface area contributed by atoms with Crippen LogP contribution in [0.5, 0.6) is 0 Å². The van der Waals surface area contributed by atoms with Crippen molar-refractivity contribution >= 4 is 31.9 Å². The first kappa shape index (κ1) is 15.6. The number of nitrogens with one attached hydrogen (secondary N) is 1. The van der Waals surface area contributed by atoms with E-state index in [9.17, 15) is 4.39 Å². The zero-order chi connectivity index (χ0) is 14.5. The van der Waals surface area contributed by atoms with E-state index in [0.717, 1.165) is 33.2 Å². The maximum absolute atomic E-state index is 13.2. The molecule has 0 saturated heterocycles. The van der Waals surface area contributed by atoms with Gasteiger partial charge in [-0.1, -0.05) is 28.9 Å². The van der Waals surface area contributed by atoms with E-state index in [-0.39, 0.29) is 11.9 Å². The number of benzene rings is 1. The van der Waals surface area contributed by atoms with Crippen LogP contribution in [0.15, 0.2) is 45.5 Å². The Morgan fingerprint density at radius 1 is 1.25 bits per heavy atom. The van der Waals surface area contributed by atoms with Gasteiger partial charge in [-0.3, -0.25) is 4.98 Å². The Kier molecular flexibility index (Phi) is 5.69. The molecular formula is C15H15Br2FN2. The molecule has 0 amide bonds. The first-order valence-electron chi connectivity index (χ1n) is 6.39. The molecule has 1 aromatic heterocycles. The second kappa shape index (κ2) is 7.29. The summed E-state index contributed by atoms with van der Waals surface area (Å²) in [5, 5.41) is 3.42. The summed E-state index contributed by atoms with van der Waals surface area (Å²) in [6, 6.07) is 8.86. The van der Waals surface area contributed by atoms with Gasteiger partial charge in [-0.2, -0.15) is 0 Å². The molecule has 1 N–H and O–H groups in total. The highest BCUT2D eigenvalue weighted by Gasteiger charge is 2.15. The summed E-state index contributed by atoms with van der Waals surface area (Å²) >= 11 is 6.81. The van der Waals surface area contributed by atoms with Crippen molar-refractivity contribution in [3.8, 4) is 0 Å². The van der Waals surface area contributed by atoms with Gasteiger partial charge in [-0.15, -0.1) is 0 Å². The van der Waals surface area contributed by atoms with Gasteiger partial charge in [-0.05, 0) is 52.3 Å². The Labute approximate surface area is 135 Å². The summed E-state index contributed by atoms with van der Waals surface area (Å²) in [5.41, 5.74) is 2.04. The zero-order valence-electron chi connectivity index (χ0n) is 11.0. The lowest BCUT2D eigenvalue weighted by Crippen LogP contribution is -2.23. The van der Waals surface area contributed by atoms with Gasteiger partial charge in [0.2, 0.25) is 0 Å². The number of aromatic nitrogens is 1. The highest BCUT2D eigenvalue weighted by atomic mass is 79.9. The summed E-state index contributed by atoms with van der Waals surface area (Å²) in [6.45, 7) is 2.89. The Bertz CT molecular complexity index is 573. The minimum Gasteiger partial charge on any atom is -0.310 e. The fourth-order valence-electron chi connectivity index (χ4n) is 2.06. The zero-order valence-corrected chi connectivity index (χ0v) is 14.2. The van der Waals surface area contributed by atoms with Crippen molar-refractivity contribution in [2.45, 2.75) is 19.4 Å². The van der Waals surface area contributed by atoms with Crippen molar-refractivity contribution in [2.24, 2.45) is 0 Å². The van der Waals surface area contributed by atoms with Gasteiger partial charge < -0.3 is 5.32 Å². The van der Waals surface area contributed by atoms with Crippen LogP contribution in [0.3, 0.4) is 0 Å². The largest absolute Gasteiger partial charge is 0.310 e. The Balaban J connectivity index is 2.24. The standard InChI is InChI=1S/C15H15Br2FN2/c1-2-19-15(8-12-5-3-10(16)9-20-12)13-6-4-11(18)7-14(13)17/h3-7,9,15,19H,2,8H2,1H3. The van der Waals surface area contributed by atoms with E-state index < -0.39 is 0 Å². The van der Waals surface area contributed by atoms with Crippen molar-refractivity contribution in [3.63, 3.8) is 0 Å². The summed E-state index contributed by atoms with van der Waals surface area (Å²) in [5.74, 6) is -0.238. The molecule has 0 bridgehead atoms. The maximum atomic E-state index is 13.2. The van der Waals surface area contributed by atoms with Gasteiger partial charge >= 0.3 is 0 Å². The Morgan fingerprint density at radius 3 is 2.65 bits per heavy atom. The number of pyridine rings is 1. The topological polar surface area (TPSA) is 24.9 Å². The molecule has 2 rings (SSSR count). The molecule has 0 aliphatic rings. The van der Waals surface area contributed by atoms with Crippen LogP contribution in [-0.4, -0.2) is 11.5 Å². The maximum Gasteiger partial charge on any atom is 0.124 e. The molecule has 1 atom stereocenters. The molecule has 106 valence electrons. The van der Waals surface area contributed by atoms with Gasteiger partial charge in [0.15, 0.2) is 0 Å². The molecule has 20 heavy (non-hydrogen) atoms. The molecule has 0 radical (unpaired) electrons. The van der Waals surface area contributed by atoms with Crippen molar-refractivity contribution in [2.75, 3.05) is 6.54 Å². The van der Waals surface area contributed by atoms with E-state index in [2.05, 4.69) is 49.1 Å². The first-order chi connectivity index (χ1) is 9.60. The molecular weight excluding hydrogens is 387 g/mol. The Morgan fingerprint density at radius 2 is 2.05 bits per heavy atom. The smallest absolute Gasteiger partial charge is 0.124 e. The SMILES string of the molecule is CCNC(Cc1ccc(Br)cn1)c1ccc(F)cc1Br. The average molecular weight is 402 g/mol. The van der Waals surface area contributed by atoms with Gasteiger partial charge in [0.05, 0.1) is 0 Å². The van der Waals surface area contributed by atoms with Crippen LogP contribution < -0.4 is 5.32 Å². The molecule has 0 spiro atoms. The monoisotopic (exact) mass is 400 g/mol. The number of likely N-dealkylation sites (N-methyl/N-ethyl adjacent to an activating group) is 1. The number of nitrogens with zero attached hydrogens (tertiary/aromatic N) is 1. The fraction of sp³-hybridized carbons (Fsp3) is 0.267. The van der Waals surface area contributed by atoms with Crippen molar-refractivity contribution in [1.82, 2.24) is 10.3 Å². The van der Waals surface area contributed by atoms with Crippen molar-refractivity contribution in [3.05, 3.63) is 62.5 Å². The molecule has 0 aliphatic carbocycles. The second-order valence-electron chi connectivity index (χ2n) is 4.45. The molecule has 2 aromatic rings. The van der Waals surface area contributed by atoms with Gasteiger partial charge in [0.1, 0.15) is 5.82 Å². The van der Waals surface area contributed by atoms with Gasteiger partial charge in [0.25, 0.3) is 0 Å². The number of halogens is 3. The summed E-state index contributed by atoms with van der Waals surface area (Å²) in [4.78, 5) is 4.40. The molecule has 0 fully saturated rings. The van der Waals surface area contributed by atoms with E-state index in [0.29, 0.717) is 0 Å². The van der Waals surface area contributed by atoms with Crippen molar-refractivity contribution in [1.29, 1.82) is 0 Å². The van der Waals surface area contributed by atoms with E-state index in [1.54, 1.807) is 6.20 Å². The van der Waals surface area contributed by atoms with Crippen LogP contribution in [0.25, 0.3) is 0 Å². The van der Waals surface area contributed by atoms with Gasteiger partial charge in [0, 0.05) is 33.3 Å². The molecule has 0 saturated carbocycles. The third-order valence-corrected chi connectivity index (χ3v) is 4.15. The predicted octanol–water partition coefficient (Wildman–Crippen LogP) is 4.64. The third kappa shape index (κ3) is 4.11. The normalized spacial score (nSPS) is 12.4. The number of hydrogen-bond acceptors (Lipinski definition) is 2. The van der Waals surface area contributed by atoms with Crippen LogP contribution in [0.4, 0.5) is 4.39 Å². The average Bonchev–Trinajstić information content (AvgIpc) is 2.41. The lowest BCUT2D eigenvalue weighted by Gasteiger charge is -2.19.